The van der Waals surface area contributed by atoms with E-state index in [9.17, 15) is 0 Å². The van der Waals surface area contributed by atoms with Crippen LogP contribution in [0.15, 0.2) is 47.6 Å². The standard InChI is InChI=1S/C18H23N/c1-17(2)12-18(3,13-8-10-14(19)11-9-13)16-7-5-4-6-15(16)17/h6-11H,4-5,12,19H2,1-3H3. The summed E-state index contributed by atoms with van der Waals surface area (Å²) in [6.45, 7) is 7.14. The van der Waals surface area contributed by atoms with Gasteiger partial charge in [0.1, 0.15) is 0 Å². The van der Waals surface area contributed by atoms with Gasteiger partial charge < -0.3 is 5.73 Å². The van der Waals surface area contributed by atoms with E-state index < -0.39 is 0 Å². The minimum absolute atomic E-state index is 0.142. The summed E-state index contributed by atoms with van der Waals surface area (Å²) in [6, 6.07) is 8.45. The molecule has 1 aromatic rings. The van der Waals surface area contributed by atoms with Crippen LogP contribution < -0.4 is 5.73 Å². The van der Waals surface area contributed by atoms with Crippen LogP contribution in [0.2, 0.25) is 0 Å². The van der Waals surface area contributed by atoms with Crippen LogP contribution in [0.1, 0.15) is 45.6 Å². The topological polar surface area (TPSA) is 26.0 Å². The number of hydrogen-bond acceptors (Lipinski definition) is 1. The maximum Gasteiger partial charge on any atom is 0.0314 e. The van der Waals surface area contributed by atoms with Crippen LogP contribution in [0, 0.1) is 5.41 Å². The molecule has 0 amide bonds. The Hall–Kier alpha value is -1.50. The summed E-state index contributed by atoms with van der Waals surface area (Å²) >= 11 is 0. The lowest BCUT2D eigenvalue weighted by Crippen LogP contribution is -2.21. The van der Waals surface area contributed by atoms with Gasteiger partial charge in [-0.25, -0.2) is 0 Å². The lowest BCUT2D eigenvalue weighted by molar-refractivity contribution is 0.388. The van der Waals surface area contributed by atoms with Crippen molar-refractivity contribution in [3.05, 3.63) is 53.1 Å². The Morgan fingerprint density at radius 1 is 0.895 bits per heavy atom. The number of nitrogens with two attached hydrogens (primary N) is 1. The molecule has 2 aliphatic rings. The molecule has 0 spiro atoms. The zero-order valence-corrected chi connectivity index (χ0v) is 12.2. The molecule has 1 unspecified atom stereocenters. The van der Waals surface area contributed by atoms with Gasteiger partial charge in [0.15, 0.2) is 0 Å². The summed E-state index contributed by atoms with van der Waals surface area (Å²) in [7, 11) is 0. The van der Waals surface area contributed by atoms with Crippen LogP contribution in [0.5, 0.6) is 0 Å². The van der Waals surface area contributed by atoms with E-state index in [1.807, 2.05) is 12.1 Å². The highest BCUT2D eigenvalue weighted by molar-refractivity contribution is 5.56. The third-order valence-electron chi connectivity index (χ3n) is 4.82. The first-order valence-electron chi connectivity index (χ1n) is 7.21. The summed E-state index contributed by atoms with van der Waals surface area (Å²) in [6.07, 6.45) is 8.47. The zero-order valence-electron chi connectivity index (χ0n) is 12.2. The first kappa shape index (κ1) is 12.5. The molecule has 0 radical (unpaired) electrons. The average molecular weight is 253 g/mol. The number of rotatable bonds is 1. The minimum atomic E-state index is 0.142. The maximum atomic E-state index is 5.83. The summed E-state index contributed by atoms with van der Waals surface area (Å²) in [5.41, 5.74) is 11.6. The van der Waals surface area contributed by atoms with Gasteiger partial charge in [0.05, 0.1) is 0 Å². The maximum absolute atomic E-state index is 5.83. The van der Waals surface area contributed by atoms with Crippen molar-refractivity contribution >= 4 is 5.69 Å². The van der Waals surface area contributed by atoms with E-state index in [1.165, 1.54) is 24.8 Å². The van der Waals surface area contributed by atoms with Gasteiger partial charge in [-0.05, 0) is 53.5 Å². The van der Waals surface area contributed by atoms with Gasteiger partial charge in [-0.15, -0.1) is 0 Å². The van der Waals surface area contributed by atoms with Crippen LogP contribution in [-0.2, 0) is 5.41 Å². The highest BCUT2D eigenvalue weighted by Crippen LogP contribution is 2.58. The van der Waals surface area contributed by atoms with Crippen LogP contribution in [0.3, 0.4) is 0 Å². The van der Waals surface area contributed by atoms with E-state index in [2.05, 4.69) is 45.1 Å². The smallest absolute Gasteiger partial charge is 0.0314 e. The van der Waals surface area contributed by atoms with E-state index in [0.717, 1.165) is 5.69 Å². The molecule has 1 fully saturated rings. The van der Waals surface area contributed by atoms with Gasteiger partial charge in [0.2, 0.25) is 0 Å². The van der Waals surface area contributed by atoms with E-state index in [0.29, 0.717) is 0 Å². The lowest BCUT2D eigenvalue weighted by Gasteiger charge is -2.28. The van der Waals surface area contributed by atoms with Gasteiger partial charge in [0, 0.05) is 11.1 Å². The highest BCUT2D eigenvalue weighted by Gasteiger charge is 2.48. The molecule has 0 bridgehead atoms. The molecule has 1 saturated carbocycles. The molecule has 19 heavy (non-hydrogen) atoms. The predicted molar refractivity (Wildman–Crippen MR) is 82.0 cm³/mol. The second-order valence-corrected chi connectivity index (χ2v) is 6.83. The number of nitrogen functional groups attached to an aromatic ring is 1. The molecule has 0 aromatic heterocycles. The molecule has 0 heterocycles. The first-order chi connectivity index (χ1) is 8.93. The monoisotopic (exact) mass is 253 g/mol. The zero-order chi connectivity index (χ0) is 13.7. The number of anilines is 1. The summed E-state index contributed by atoms with van der Waals surface area (Å²) in [5, 5.41) is 0. The van der Waals surface area contributed by atoms with Crippen molar-refractivity contribution in [1.82, 2.24) is 0 Å². The van der Waals surface area contributed by atoms with Crippen LogP contribution in [0.25, 0.3) is 0 Å². The fraction of sp³-hybridized carbons (Fsp3) is 0.444. The van der Waals surface area contributed by atoms with Gasteiger partial charge in [-0.2, -0.15) is 0 Å². The van der Waals surface area contributed by atoms with Crippen LogP contribution in [0.4, 0.5) is 5.69 Å². The number of hydrogen-bond donors (Lipinski definition) is 1. The van der Waals surface area contributed by atoms with E-state index in [1.54, 1.807) is 11.1 Å². The second kappa shape index (κ2) is 4.00. The molecule has 0 saturated heterocycles. The van der Waals surface area contributed by atoms with Crippen molar-refractivity contribution in [3.63, 3.8) is 0 Å². The largest absolute Gasteiger partial charge is 0.399 e. The summed E-state index contributed by atoms with van der Waals surface area (Å²) in [5.74, 6) is 0. The van der Waals surface area contributed by atoms with Crippen molar-refractivity contribution in [1.29, 1.82) is 0 Å². The predicted octanol–water partition coefficient (Wildman–Crippen LogP) is 4.60. The molecule has 2 aliphatic carbocycles. The number of fused-ring (bicyclic) bond motifs is 1. The van der Waals surface area contributed by atoms with Gasteiger partial charge in [-0.3, -0.25) is 0 Å². The molecule has 1 nitrogen and oxygen atoms in total. The van der Waals surface area contributed by atoms with E-state index in [-0.39, 0.29) is 10.8 Å². The molecule has 3 rings (SSSR count). The molecular weight excluding hydrogens is 230 g/mol. The van der Waals surface area contributed by atoms with Crippen LogP contribution in [-0.4, -0.2) is 0 Å². The van der Waals surface area contributed by atoms with Crippen molar-refractivity contribution in [3.8, 4) is 0 Å². The molecule has 2 N–H and O–H groups in total. The Bertz CT molecular complexity index is 560. The van der Waals surface area contributed by atoms with Crippen LogP contribution >= 0.6 is 0 Å². The number of benzene rings is 1. The van der Waals surface area contributed by atoms with Gasteiger partial charge in [-0.1, -0.05) is 45.1 Å². The Balaban J connectivity index is 2.12. The fourth-order valence-electron chi connectivity index (χ4n) is 4.02. The Morgan fingerprint density at radius 2 is 1.47 bits per heavy atom. The average Bonchev–Trinajstić information content (AvgIpc) is 2.59. The summed E-state index contributed by atoms with van der Waals surface area (Å²) in [4.78, 5) is 0. The lowest BCUT2D eigenvalue weighted by atomic mass is 9.75. The SMILES string of the molecule is CC1(C)CC(C)(c2ccc(N)cc2)C2=CCCC=C21. The third-order valence-corrected chi connectivity index (χ3v) is 4.82. The molecule has 0 aliphatic heterocycles. The normalized spacial score (nSPS) is 28.6. The molecule has 1 aromatic carbocycles. The van der Waals surface area contributed by atoms with E-state index >= 15 is 0 Å². The molecule has 1 atom stereocenters. The Kier molecular flexibility index (Phi) is 2.63. The third kappa shape index (κ3) is 1.83. The quantitative estimate of drug-likeness (QED) is 0.727. The van der Waals surface area contributed by atoms with Crippen molar-refractivity contribution in [2.45, 2.75) is 45.4 Å². The molecule has 1 heteroatoms. The number of allylic oxidation sites excluding steroid dienone is 4. The molecular formula is C18H23N. The second-order valence-electron chi connectivity index (χ2n) is 6.83. The van der Waals surface area contributed by atoms with E-state index in [4.69, 9.17) is 5.73 Å². The van der Waals surface area contributed by atoms with Crippen molar-refractivity contribution in [2.75, 3.05) is 5.73 Å². The van der Waals surface area contributed by atoms with Crippen molar-refractivity contribution in [2.24, 2.45) is 5.41 Å². The Labute approximate surface area is 116 Å². The minimum Gasteiger partial charge on any atom is -0.399 e. The first-order valence-corrected chi connectivity index (χ1v) is 7.21. The molecule has 100 valence electrons. The fourth-order valence-corrected chi connectivity index (χ4v) is 4.02. The Morgan fingerprint density at radius 3 is 2.11 bits per heavy atom. The van der Waals surface area contributed by atoms with Gasteiger partial charge >= 0.3 is 0 Å². The van der Waals surface area contributed by atoms with Crippen molar-refractivity contribution < 1.29 is 0 Å². The highest BCUT2D eigenvalue weighted by atomic mass is 14.6. The summed E-state index contributed by atoms with van der Waals surface area (Å²) < 4.78 is 0. The van der Waals surface area contributed by atoms with Gasteiger partial charge in [0.25, 0.3) is 0 Å².